The van der Waals surface area contributed by atoms with Crippen LogP contribution in [0, 0.1) is 5.92 Å². The van der Waals surface area contributed by atoms with E-state index in [0.29, 0.717) is 11.2 Å². The van der Waals surface area contributed by atoms with Crippen LogP contribution < -0.4 is 5.32 Å². The Hall–Kier alpha value is -1.60. The molecule has 26 heavy (non-hydrogen) atoms. The Morgan fingerprint density at radius 1 is 1.27 bits per heavy atom. The monoisotopic (exact) mass is 399 g/mol. The molecular formula is C17H23Cl2N5O2. The average Bonchev–Trinajstić information content (AvgIpc) is 2.95. The molecule has 1 fully saturated rings. The van der Waals surface area contributed by atoms with Crippen molar-refractivity contribution in [2.45, 2.75) is 64.6 Å². The minimum absolute atomic E-state index is 0.0453. The molecule has 1 amide bonds. The first kappa shape index (κ1) is 19.2. The molecule has 9 heteroatoms. The zero-order valence-electron chi connectivity index (χ0n) is 15.1. The lowest BCUT2D eigenvalue weighted by atomic mass is 9.87. The van der Waals surface area contributed by atoms with Gasteiger partial charge in [-0.15, -0.1) is 0 Å². The fourth-order valence-corrected chi connectivity index (χ4v) is 3.77. The molecule has 0 radical (unpaired) electrons. The van der Waals surface area contributed by atoms with Crippen molar-refractivity contribution in [1.29, 1.82) is 0 Å². The Balaban J connectivity index is 1.96. The Morgan fingerprint density at radius 3 is 2.62 bits per heavy atom. The van der Waals surface area contributed by atoms with E-state index < -0.39 is 11.7 Å². The molecule has 142 valence electrons. The standard InChI is InChI=1S/C17H23Cl2N5O2/c1-17(2,3)26-16(25)23-13(10-7-5-4-6-8-10)24-9-20-11-12(18)21-15(19)22-14(11)24/h9-10,13H,4-8H2,1-3H3,(H,23,25). The van der Waals surface area contributed by atoms with E-state index in [4.69, 9.17) is 27.9 Å². The van der Waals surface area contributed by atoms with Crippen molar-refractivity contribution < 1.29 is 9.53 Å². The van der Waals surface area contributed by atoms with E-state index in [1.54, 1.807) is 6.33 Å². The van der Waals surface area contributed by atoms with Crippen LogP contribution in [0.25, 0.3) is 11.2 Å². The van der Waals surface area contributed by atoms with E-state index in [1.807, 2.05) is 25.3 Å². The summed E-state index contributed by atoms with van der Waals surface area (Å²) in [6.45, 7) is 5.50. The highest BCUT2D eigenvalue weighted by molar-refractivity contribution is 6.35. The zero-order valence-corrected chi connectivity index (χ0v) is 16.6. The molecule has 1 atom stereocenters. The summed E-state index contributed by atoms with van der Waals surface area (Å²) in [4.78, 5) is 24.9. The summed E-state index contributed by atoms with van der Waals surface area (Å²) in [6.07, 6.45) is 6.29. The highest BCUT2D eigenvalue weighted by Gasteiger charge is 2.30. The van der Waals surface area contributed by atoms with Gasteiger partial charge in [0.25, 0.3) is 0 Å². The quantitative estimate of drug-likeness (QED) is 0.595. The normalized spacial score (nSPS) is 17.3. The van der Waals surface area contributed by atoms with Gasteiger partial charge in [-0.1, -0.05) is 30.9 Å². The van der Waals surface area contributed by atoms with Crippen LogP contribution in [0.2, 0.25) is 10.4 Å². The van der Waals surface area contributed by atoms with Crippen molar-refractivity contribution in [1.82, 2.24) is 24.8 Å². The number of hydrogen-bond acceptors (Lipinski definition) is 5. The Morgan fingerprint density at radius 2 is 1.96 bits per heavy atom. The molecule has 0 aliphatic heterocycles. The number of hydrogen-bond donors (Lipinski definition) is 1. The summed E-state index contributed by atoms with van der Waals surface area (Å²) >= 11 is 12.1. The van der Waals surface area contributed by atoms with Crippen molar-refractivity contribution in [2.24, 2.45) is 5.92 Å². The number of nitrogens with zero attached hydrogens (tertiary/aromatic N) is 4. The largest absolute Gasteiger partial charge is 0.444 e. The van der Waals surface area contributed by atoms with Crippen LogP contribution in [-0.2, 0) is 4.74 Å². The number of fused-ring (bicyclic) bond motifs is 1. The van der Waals surface area contributed by atoms with Gasteiger partial charge in [0, 0.05) is 0 Å². The number of amides is 1. The third-order valence-electron chi connectivity index (χ3n) is 4.41. The smallest absolute Gasteiger partial charge is 0.409 e. The van der Waals surface area contributed by atoms with Crippen LogP contribution in [0.3, 0.4) is 0 Å². The summed E-state index contributed by atoms with van der Waals surface area (Å²) in [5.41, 5.74) is 0.386. The first-order valence-corrected chi connectivity index (χ1v) is 9.55. The van der Waals surface area contributed by atoms with Gasteiger partial charge in [0.05, 0.1) is 6.33 Å². The molecule has 0 bridgehead atoms. The average molecular weight is 400 g/mol. The molecule has 1 N–H and O–H groups in total. The lowest BCUT2D eigenvalue weighted by Gasteiger charge is -2.32. The third-order valence-corrected chi connectivity index (χ3v) is 4.84. The third kappa shape index (κ3) is 4.38. The maximum atomic E-state index is 12.4. The number of carbonyl (C=O) groups is 1. The van der Waals surface area contributed by atoms with Crippen molar-refractivity contribution >= 4 is 40.5 Å². The first-order valence-electron chi connectivity index (χ1n) is 8.80. The van der Waals surface area contributed by atoms with Gasteiger partial charge in [-0.05, 0) is 51.1 Å². The van der Waals surface area contributed by atoms with E-state index in [2.05, 4.69) is 20.3 Å². The fourth-order valence-electron chi connectivity index (χ4n) is 3.35. The second-order valence-electron chi connectivity index (χ2n) is 7.60. The van der Waals surface area contributed by atoms with Crippen LogP contribution in [0.1, 0.15) is 59.0 Å². The fraction of sp³-hybridized carbons (Fsp3) is 0.647. The molecule has 1 saturated carbocycles. The SMILES string of the molecule is CC(C)(C)OC(=O)NC(C1CCCCC1)n1cnc2c(Cl)nc(Cl)nc21. The predicted molar refractivity (Wildman–Crippen MR) is 100 cm³/mol. The molecule has 0 aromatic carbocycles. The first-order chi connectivity index (χ1) is 12.2. The minimum atomic E-state index is -0.576. The number of rotatable bonds is 3. The summed E-state index contributed by atoms with van der Waals surface area (Å²) in [5, 5.41) is 3.23. The lowest BCUT2D eigenvalue weighted by molar-refractivity contribution is 0.0439. The second kappa shape index (κ2) is 7.56. The number of alkyl carbamates (subject to hydrolysis) is 1. The van der Waals surface area contributed by atoms with Crippen molar-refractivity contribution in [3.8, 4) is 0 Å². The number of aromatic nitrogens is 4. The highest BCUT2D eigenvalue weighted by Crippen LogP contribution is 2.34. The maximum absolute atomic E-state index is 12.4. The summed E-state index contributed by atoms with van der Waals surface area (Å²) < 4.78 is 7.26. The Labute approximate surface area is 162 Å². The molecule has 2 aromatic heterocycles. The topological polar surface area (TPSA) is 81.9 Å². The van der Waals surface area contributed by atoms with E-state index >= 15 is 0 Å². The zero-order chi connectivity index (χ0) is 18.9. The maximum Gasteiger partial charge on any atom is 0.409 e. The van der Waals surface area contributed by atoms with E-state index in [9.17, 15) is 4.79 Å². The van der Waals surface area contributed by atoms with Crippen LogP contribution >= 0.6 is 23.2 Å². The van der Waals surface area contributed by atoms with Crippen LogP contribution in [0.5, 0.6) is 0 Å². The molecular weight excluding hydrogens is 377 g/mol. The van der Waals surface area contributed by atoms with Gasteiger partial charge in [-0.3, -0.25) is 4.57 Å². The highest BCUT2D eigenvalue weighted by atomic mass is 35.5. The van der Waals surface area contributed by atoms with Gasteiger partial charge in [-0.2, -0.15) is 4.98 Å². The second-order valence-corrected chi connectivity index (χ2v) is 8.29. The minimum Gasteiger partial charge on any atom is -0.444 e. The van der Waals surface area contributed by atoms with Crippen molar-refractivity contribution in [2.75, 3.05) is 0 Å². The van der Waals surface area contributed by atoms with Gasteiger partial charge in [0.1, 0.15) is 17.3 Å². The summed E-state index contributed by atoms with van der Waals surface area (Å²) in [6, 6.07) is 0. The predicted octanol–water partition coefficient (Wildman–Crippen LogP) is 4.74. The van der Waals surface area contributed by atoms with Gasteiger partial charge in [0.2, 0.25) is 5.28 Å². The van der Waals surface area contributed by atoms with Gasteiger partial charge in [0.15, 0.2) is 10.8 Å². The molecule has 1 aliphatic rings. The molecule has 3 rings (SSSR count). The molecule has 2 heterocycles. The Bertz CT molecular complexity index is 796. The number of ether oxygens (including phenoxy) is 1. The van der Waals surface area contributed by atoms with Crippen molar-refractivity contribution in [3.05, 3.63) is 16.8 Å². The van der Waals surface area contributed by atoms with E-state index in [0.717, 1.165) is 25.7 Å². The van der Waals surface area contributed by atoms with Crippen LogP contribution in [-0.4, -0.2) is 31.2 Å². The number of imidazole rings is 1. The number of halogens is 2. The van der Waals surface area contributed by atoms with E-state index in [1.165, 1.54) is 6.42 Å². The molecule has 2 aromatic rings. The molecule has 0 saturated heterocycles. The van der Waals surface area contributed by atoms with Gasteiger partial charge < -0.3 is 10.1 Å². The van der Waals surface area contributed by atoms with Gasteiger partial charge in [-0.25, -0.2) is 14.8 Å². The van der Waals surface area contributed by atoms with Crippen molar-refractivity contribution in [3.63, 3.8) is 0 Å². The van der Waals surface area contributed by atoms with Crippen LogP contribution in [0.15, 0.2) is 6.33 Å². The van der Waals surface area contributed by atoms with Gasteiger partial charge >= 0.3 is 6.09 Å². The Kier molecular flexibility index (Phi) is 5.58. The molecule has 0 spiro atoms. The molecule has 1 unspecified atom stereocenters. The lowest BCUT2D eigenvalue weighted by Crippen LogP contribution is -2.41. The summed E-state index contributed by atoms with van der Waals surface area (Å²) in [7, 11) is 0. The van der Waals surface area contributed by atoms with E-state index in [-0.39, 0.29) is 22.5 Å². The number of carbonyl (C=O) groups excluding carboxylic acids is 1. The number of nitrogens with one attached hydrogen (secondary N) is 1. The van der Waals surface area contributed by atoms with Crippen LogP contribution in [0.4, 0.5) is 4.79 Å². The molecule has 1 aliphatic carbocycles. The molecule has 7 nitrogen and oxygen atoms in total. The summed E-state index contributed by atoms with van der Waals surface area (Å²) in [5.74, 6) is 0.251.